The van der Waals surface area contributed by atoms with E-state index in [1.807, 2.05) is 0 Å². The van der Waals surface area contributed by atoms with Crippen LogP contribution in [0.15, 0.2) is 23.1 Å². The van der Waals surface area contributed by atoms with Crippen LogP contribution in [0.5, 0.6) is 0 Å². The Kier molecular flexibility index (Phi) is 2.89. The van der Waals surface area contributed by atoms with Gasteiger partial charge in [0.25, 0.3) is 0 Å². The third-order valence-corrected chi connectivity index (χ3v) is 1.89. The minimum Gasteiger partial charge on any atom is -0.337 e. The highest BCUT2D eigenvalue weighted by atomic mass is 16.5. The zero-order valence-electron chi connectivity index (χ0n) is 8.37. The Balaban J connectivity index is 2.24. The molecule has 2 heterocycles. The van der Waals surface area contributed by atoms with E-state index in [1.165, 1.54) is 0 Å². The Labute approximate surface area is 91.9 Å². The molecule has 16 heavy (non-hydrogen) atoms. The summed E-state index contributed by atoms with van der Waals surface area (Å²) in [7, 11) is 0. The summed E-state index contributed by atoms with van der Waals surface area (Å²) in [5, 5.41) is 3.75. The third kappa shape index (κ3) is 2.04. The second-order valence-electron chi connectivity index (χ2n) is 3.06. The van der Waals surface area contributed by atoms with Crippen molar-refractivity contribution in [2.45, 2.75) is 12.5 Å². The number of hydrogen-bond donors (Lipinski definition) is 1. The van der Waals surface area contributed by atoms with Gasteiger partial charge in [0.05, 0.1) is 12.2 Å². The molecule has 80 valence electrons. The molecule has 0 radical (unpaired) electrons. The molecule has 0 aliphatic rings. The van der Waals surface area contributed by atoms with E-state index in [0.29, 0.717) is 23.8 Å². The lowest BCUT2D eigenvalue weighted by Gasteiger charge is -1.98. The first kappa shape index (κ1) is 10.3. The minimum atomic E-state index is -0.442. The summed E-state index contributed by atoms with van der Waals surface area (Å²) in [6.45, 7) is 0. The first-order valence-electron chi connectivity index (χ1n) is 4.60. The molecule has 2 rings (SSSR count). The maximum atomic E-state index is 5.72. The average Bonchev–Trinajstić information content (AvgIpc) is 2.80. The molecule has 0 saturated carbocycles. The lowest BCUT2D eigenvalue weighted by Crippen LogP contribution is -2.09. The molecular formula is C10H9N5O. The Morgan fingerprint density at radius 2 is 2.38 bits per heavy atom. The second-order valence-corrected chi connectivity index (χ2v) is 3.06. The van der Waals surface area contributed by atoms with Crippen molar-refractivity contribution >= 4 is 0 Å². The number of nitrogens with zero attached hydrogens (tertiary/aromatic N) is 4. The van der Waals surface area contributed by atoms with Gasteiger partial charge < -0.3 is 10.3 Å². The van der Waals surface area contributed by atoms with E-state index in [-0.39, 0.29) is 0 Å². The highest BCUT2D eigenvalue weighted by molar-refractivity contribution is 5.45. The number of terminal acetylenes is 1. The summed E-state index contributed by atoms with van der Waals surface area (Å²) in [6.07, 6.45) is 10.1. The maximum Gasteiger partial charge on any atom is 0.244 e. The van der Waals surface area contributed by atoms with E-state index >= 15 is 0 Å². The molecule has 0 aliphatic heterocycles. The van der Waals surface area contributed by atoms with Crippen molar-refractivity contribution < 1.29 is 4.52 Å². The van der Waals surface area contributed by atoms with Crippen LogP contribution in [-0.4, -0.2) is 20.1 Å². The smallest absolute Gasteiger partial charge is 0.244 e. The van der Waals surface area contributed by atoms with Crippen molar-refractivity contribution in [3.05, 3.63) is 24.5 Å². The van der Waals surface area contributed by atoms with Crippen LogP contribution in [0, 0.1) is 12.3 Å². The van der Waals surface area contributed by atoms with Gasteiger partial charge in [-0.15, -0.1) is 12.3 Å². The Morgan fingerprint density at radius 1 is 1.50 bits per heavy atom. The fourth-order valence-corrected chi connectivity index (χ4v) is 1.12. The fraction of sp³-hybridized carbons (Fsp3) is 0.200. The molecule has 0 saturated heterocycles. The molecule has 0 aromatic carbocycles. The topological polar surface area (TPSA) is 90.7 Å². The Hall–Kier alpha value is -2.26. The van der Waals surface area contributed by atoms with E-state index in [9.17, 15) is 0 Å². The van der Waals surface area contributed by atoms with E-state index in [2.05, 4.69) is 26.0 Å². The van der Waals surface area contributed by atoms with Gasteiger partial charge >= 0.3 is 0 Å². The highest BCUT2D eigenvalue weighted by Crippen LogP contribution is 2.15. The molecule has 2 aromatic rings. The zero-order valence-corrected chi connectivity index (χ0v) is 8.37. The van der Waals surface area contributed by atoms with Gasteiger partial charge in [-0.25, -0.2) is 4.98 Å². The van der Waals surface area contributed by atoms with Crippen LogP contribution in [0.1, 0.15) is 18.4 Å². The van der Waals surface area contributed by atoms with Gasteiger partial charge in [-0.1, -0.05) is 5.16 Å². The predicted molar refractivity (Wildman–Crippen MR) is 55.7 cm³/mol. The molecule has 1 atom stereocenters. The van der Waals surface area contributed by atoms with Gasteiger partial charge in [0.1, 0.15) is 5.69 Å². The van der Waals surface area contributed by atoms with Crippen LogP contribution in [-0.2, 0) is 0 Å². The normalized spacial score (nSPS) is 12.0. The van der Waals surface area contributed by atoms with E-state index in [4.69, 9.17) is 16.7 Å². The zero-order chi connectivity index (χ0) is 11.4. The molecule has 0 spiro atoms. The summed E-state index contributed by atoms with van der Waals surface area (Å²) in [6, 6.07) is -0.442. The first-order valence-corrected chi connectivity index (χ1v) is 4.60. The first-order chi connectivity index (χ1) is 7.81. The molecule has 0 fully saturated rings. The Morgan fingerprint density at radius 3 is 3.06 bits per heavy atom. The summed E-state index contributed by atoms with van der Waals surface area (Å²) in [4.78, 5) is 12.0. The van der Waals surface area contributed by atoms with Gasteiger partial charge in [0.2, 0.25) is 11.7 Å². The van der Waals surface area contributed by atoms with Crippen molar-refractivity contribution in [1.29, 1.82) is 0 Å². The lowest BCUT2D eigenvalue weighted by atomic mass is 10.2. The molecule has 0 bridgehead atoms. The Bertz CT molecular complexity index is 501. The standard InChI is InChI=1S/C10H9N5O/c1-2-3-7(11)10-14-9(15-16-10)8-6-12-4-5-13-8/h1,4-7H,3,11H2/t7-/m0/s1. The van der Waals surface area contributed by atoms with Crippen molar-refractivity contribution in [3.8, 4) is 23.9 Å². The summed E-state index contributed by atoms with van der Waals surface area (Å²) in [5.74, 6) is 3.10. The van der Waals surface area contributed by atoms with E-state index < -0.39 is 6.04 Å². The van der Waals surface area contributed by atoms with Gasteiger partial charge in [0, 0.05) is 18.8 Å². The molecule has 2 N–H and O–H groups in total. The molecule has 0 aliphatic carbocycles. The van der Waals surface area contributed by atoms with Crippen molar-refractivity contribution in [2.24, 2.45) is 5.73 Å². The SMILES string of the molecule is C#CC[C@H](N)c1nc(-c2cnccn2)no1. The molecule has 6 nitrogen and oxygen atoms in total. The number of rotatable bonds is 3. The van der Waals surface area contributed by atoms with E-state index in [1.54, 1.807) is 18.6 Å². The second kappa shape index (κ2) is 4.51. The number of hydrogen-bond acceptors (Lipinski definition) is 6. The van der Waals surface area contributed by atoms with Gasteiger partial charge in [-0.3, -0.25) is 4.98 Å². The molecule has 0 amide bonds. The van der Waals surface area contributed by atoms with Gasteiger partial charge in [-0.05, 0) is 0 Å². The lowest BCUT2D eigenvalue weighted by molar-refractivity contribution is 0.356. The molecule has 2 aromatic heterocycles. The molecule has 6 heteroatoms. The average molecular weight is 215 g/mol. The van der Waals surface area contributed by atoms with Crippen LogP contribution in [0.3, 0.4) is 0 Å². The van der Waals surface area contributed by atoms with E-state index in [0.717, 1.165) is 0 Å². The number of nitrogens with two attached hydrogens (primary N) is 1. The van der Waals surface area contributed by atoms with Crippen LogP contribution in [0.2, 0.25) is 0 Å². The van der Waals surface area contributed by atoms with Crippen LogP contribution < -0.4 is 5.73 Å². The fourth-order valence-electron chi connectivity index (χ4n) is 1.12. The maximum absolute atomic E-state index is 5.72. The summed E-state index contributed by atoms with van der Waals surface area (Å²) in [5.41, 5.74) is 6.25. The summed E-state index contributed by atoms with van der Waals surface area (Å²) >= 11 is 0. The van der Waals surface area contributed by atoms with Crippen molar-refractivity contribution in [3.63, 3.8) is 0 Å². The number of aromatic nitrogens is 4. The van der Waals surface area contributed by atoms with Gasteiger partial charge in [0.15, 0.2) is 0 Å². The van der Waals surface area contributed by atoms with Crippen molar-refractivity contribution in [2.75, 3.05) is 0 Å². The highest BCUT2D eigenvalue weighted by Gasteiger charge is 2.15. The molecule has 0 unspecified atom stereocenters. The summed E-state index contributed by atoms with van der Waals surface area (Å²) < 4.78 is 4.98. The molecular weight excluding hydrogens is 206 g/mol. The van der Waals surface area contributed by atoms with Crippen LogP contribution >= 0.6 is 0 Å². The van der Waals surface area contributed by atoms with Crippen LogP contribution in [0.25, 0.3) is 11.5 Å². The van der Waals surface area contributed by atoms with Gasteiger partial charge in [-0.2, -0.15) is 4.98 Å². The third-order valence-electron chi connectivity index (χ3n) is 1.89. The largest absolute Gasteiger partial charge is 0.337 e. The quantitative estimate of drug-likeness (QED) is 0.752. The van der Waals surface area contributed by atoms with Crippen molar-refractivity contribution in [1.82, 2.24) is 20.1 Å². The monoisotopic (exact) mass is 215 g/mol. The minimum absolute atomic E-state index is 0.304. The van der Waals surface area contributed by atoms with Crippen LogP contribution in [0.4, 0.5) is 0 Å². The predicted octanol–water partition coefficient (Wildman–Crippen LogP) is 0.550.